The predicted octanol–water partition coefficient (Wildman–Crippen LogP) is 2.14. The molecule has 0 aliphatic carbocycles. The van der Waals surface area contributed by atoms with Crippen molar-refractivity contribution >= 4 is 27.5 Å². The fraction of sp³-hybridized carbons (Fsp3) is 0.417. The molecular weight excluding hydrogens is 284 g/mol. The van der Waals surface area contributed by atoms with Gasteiger partial charge in [-0.2, -0.15) is 0 Å². The summed E-state index contributed by atoms with van der Waals surface area (Å²) in [6, 6.07) is 5.93. The molecule has 2 N–H and O–H groups in total. The second kappa shape index (κ2) is 7.29. The second-order valence-electron chi connectivity index (χ2n) is 3.61. The largest absolute Gasteiger partial charge is 0.383 e. The van der Waals surface area contributed by atoms with Crippen LogP contribution in [0.5, 0.6) is 0 Å². The van der Waals surface area contributed by atoms with Crippen molar-refractivity contribution in [1.29, 1.82) is 0 Å². The van der Waals surface area contributed by atoms with Gasteiger partial charge in [-0.1, -0.05) is 22.0 Å². The Morgan fingerprint density at radius 3 is 2.82 bits per heavy atom. The minimum Gasteiger partial charge on any atom is -0.383 e. The minimum atomic E-state index is -0.0156. The zero-order valence-corrected chi connectivity index (χ0v) is 11.6. The average molecular weight is 301 g/mol. The number of amides is 1. The van der Waals surface area contributed by atoms with Crippen molar-refractivity contribution in [3.63, 3.8) is 0 Å². The van der Waals surface area contributed by atoms with Gasteiger partial charge in [-0.25, -0.2) is 0 Å². The van der Waals surface area contributed by atoms with E-state index in [1.807, 2.05) is 18.2 Å². The molecule has 1 amide bonds. The van der Waals surface area contributed by atoms with Crippen LogP contribution in [0.25, 0.3) is 0 Å². The lowest BCUT2D eigenvalue weighted by Crippen LogP contribution is -2.26. The molecule has 0 bridgehead atoms. The van der Waals surface area contributed by atoms with Crippen LogP contribution in [0.4, 0.5) is 5.69 Å². The summed E-state index contributed by atoms with van der Waals surface area (Å²) >= 11 is 3.49. The average Bonchev–Trinajstić information content (AvgIpc) is 2.28. The first kappa shape index (κ1) is 14.0. The van der Waals surface area contributed by atoms with E-state index in [0.29, 0.717) is 19.7 Å². The Kier molecular flexibility index (Phi) is 6.00. The summed E-state index contributed by atoms with van der Waals surface area (Å²) in [5.41, 5.74) is 2.10. The number of carbonyl (C=O) groups is 1. The molecule has 5 heteroatoms. The number of halogens is 1. The zero-order valence-electron chi connectivity index (χ0n) is 10.0. The fourth-order valence-electron chi connectivity index (χ4n) is 1.45. The Labute approximate surface area is 110 Å². The molecule has 0 saturated heterocycles. The Morgan fingerprint density at radius 2 is 2.18 bits per heavy atom. The summed E-state index contributed by atoms with van der Waals surface area (Å²) in [6.07, 6.45) is 0. The Bertz CT molecular complexity index is 383. The van der Waals surface area contributed by atoms with E-state index in [4.69, 9.17) is 4.74 Å². The van der Waals surface area contributed by atoms with Crippen molar-refractivity contribution in [3.05, 3.63) is 28.2 Å². The number of nitrogens with one attached hydrogen (secondary N) is 2. The molecule has 0 heterocycles. The van der Waals surface area contributed by atoms with Crippen LogP contribution < -0.4 is 10.6 Å². The first-order valence-corrected chi connectivity index (χ1v) is 6.19. The third-order valence-electron chi connectivity index (χ3n) is 2.22. The summed E-state index contributed by atoms with van der Waals surface area (Å²) in [7, 11) is 1.67. The number of methoxy groups -OCH3 is 1. The molecule has 0 aliphatic rings. The number of anilines is 1. The summed E-state index contributed by atoms with van der Waals surface area (Å²) in [4.78, 5) is 10.7. The lowest BCUT2D eigenvalue weighted by Gasteiger charge is -2.13. The molecule has 0 aliphatic heterocycles. The van der Waals surface area contributed by atoms with Gasteiger partial charge in [0.15, 0.2) is 0 Å². The fourth-order valence-corrected chi connectivity index (χ4v) is 1.93. The van der Waals surface area contributed by atoms with Crippen molar-refractivity contribution in [3.8, 4) is 0 Å². The van der Waals surface area contributed by atoms with Crippen molar-refractivity contribution in [1.82, 2.24) is 5.32 Å². The highest BCUT2D eigenvalue weighted by molar-refractivity contribution is 9.10. The first-order valence-electron chi connectivity index (χ1n) is 5.39. The number of hydrogen-bond acceptors (Lipinski definition) is 3. The second-order valence-corrected chi connectivity index (χ2v) is 4.46. The minimum absolute atomic E-state index is 0.0156. The van der Waals surface area contributed by atoms with Gasteiger partial charge in [-0.05, 0) is 12.1 Å². The van der Waals surface area contributed by atoms with Crippen LogP contribution in [0.2, 0.25) is 0 Å². The molecule has 0 fully saturated rings. The van der Waals surface area contributed by atoms with Crippen molar-refractivity contribution in [2.45, 2.75) is 13.5 Å². The van der Waals surface area contributed by atoms with E-state index in [0.717, 1.165) is 15.7 Å². The van der Waals surface area contributed by atoms with Gasteiger partial charge in [-0.3, -0.25) is 4.79 Å². The van der Waals surface area contributed by atoms with E-state index in [1.165, 1.54) is 6.92 Å². The lowest BCUT2D eigenvalue weighted by molar-refractivity contribution is -0.118. The van der Waals surface area contributed by atoms with Gasteiger partial charge < -0.3 is 15.4 Å². The predicted molar refractivity (Wildman–Crippen MR) is 72.0 cm³/mol. The number of hydrogen-bond donors (Lipinski definition) is 2. The quantitative estimate of drug-likeness (QED) is 0.792. The highest BCUT2D eigenvalue weighted by atomic mass is 79.9. The SMILES string of the molecule is COCc1c(Br)cccc1NCCNC(C)=O. The highest BCUT2D eigenvalue weighted by Crippen LogP contribution is 2.25. The number of benzene rings is 1. The molecule has 94 valence electrons. The molecule has 0 atom stereocenters. The molecule has 1 aromatic carbocycles. The van der Waals surface area contributed by atoms with Crippen LogP contribution in [0, 0.1) is 0 Å². The van der Waals surface area contributed by atoms with Gasteiger partial charge >= 0.3 is 0 Å². The summed E-state index contributed by atoms with van der Waals surface area (Å²) in [6.45, 7) is 3.35. The lowest BCUT2D eigenvalue weighted by atomic mass is 10.2. The Morgan fingerprint density at radius 1 is 1.41 bits per heavy atom. The number of carbonyl (C=O) groups excluding carboxylic acids is 1. The molecule has 0 aromatic heterocycles. The standard InChI is InChI=1S/C12H17BrN2O2/c1-9(16)14-6-7-15-12-5-3-4-11(13)10(12)8-17-2/h3-5,15H,6-8H2,1-2H3,(H,14,16). The van der Waals surface area contributed by atoms with E-state index in [2.05, 4.69) is 26.6 Å². The Balaban J connectivity index is 2.57. The number of rotatable bonds is 6. The van der Waals surface area contributed by atoms with Crippen molar-refractivity contribution in [2.75, 3.05) is 25.5 Å². The van der Waals surface area contributed by atoms with Crippen molar-refractivity contribution in [2.24, 2.45) is 0 Å². The van der Waals surface area contributed by atoms with Gasteiger partial charge in [0.2, 0.25) is 5.91 Å². The van der Waals surface area contributed by atoms with Gasteiger partial charge in [0.1, 0.15) is 0 Å². The summed E-state index contributed by atoms with van der Waals surface area (Å²) < 4.78 is 6.17. The maximum atomic E-state index is 10.7. The maximum Gasteiger partial charge on any atom is 0.216 e. The molecule has 0 radical (unpaired) electrons. The van der Waals surface area contributed by atoms with Crippen LogP contribution in [0.3, 0.4) is 0 Å². The molecule has 0 spiro atoms. The first-order chi connectivity index (χ1) is 8.15. The third-order valence-corrected chi connectivity index (χ3v) is 2.96. The van der Waals surface area contributed by atoms with Gasteiger partial charge in [-0.15, -0.1) is 0 Å². The monoisotopic (exact) mass is 300 g/mol. The van der Waals surface area contributed by atoms with Gasteiger partial charge in [0, 0.05) is 42.8 Å². The van der Waals surface area contributed by atoms with Crippen LogP contribution in [0.1, 0.15) is 12.5 Å². The topological polar surface area (TPSA) is 50.4 Å². The molecular formula is C12H17BrN2O2. The van der Waals surface area contributed by atoms with E-state index >= 15 is 0 Å². The molecule has 17 heavy (non-hydrogen) atoms. The molecule has 4 nitrogen and oxygen atoms in total. The summed E-state index contributed by atoms with van der Waals surface area (Å²) in [5.74, 6) is -0.0156. The summed E-state index contributed by atoms with van der Waals surface area (Å²) in [5, 5.41) is 6.01. The zero-order chi connectivity index (χ0) is 12.7. The molecule has 1 rings (SSSR count). The van der Waals surface area contributed by atoms with Crippen LogP contribution in [-0.4, -0.2) is 26.1 Å². The van der Waals surface area contributed by atoms with Gasteiger partial charge in [0.05, 0.1) is 6.61 Å². The third kappa shape index (κ3) is 4.75. The van der Waals surface area contributed by atoms with Crippen LogP contribution >= 0.6 is 15.9 Å². The molecule has 0 saturated carbocycles. The van der Waals surface area contributed by atoms with Crippen molar-refractivity contribution < 1.29 is 9.53 Å². The normalized spacial score (nSPS) is 10.1. The van der Waals surface area contributed by atoms with Gasteiger partial charge in [0.25, 0.3) is 0 Å². The van der Waals surface area contributed by atoms with E-state index in [1.54, 1.807) is 7.11 Å². The number of ether oxygens (including phenoxy) is 1. The maximum absolute atomic E-state index is 10.7. The van der Waals surface area contributed by atoms with Crippen LogP contribution in [0.15, 0.2) is 22.7 Å². The molecule has 1 aromatic rings. The van der Waals surface area contributed by atoms with Crippen LogP contribution in [-0.2, 0) is 16.1 Å². The molecule has 0 unspecified atom stereocenters. The Hall–Kier alpha value is -1.07. The van der Waals surface area contributed by atoms with E-state index in [-0.39, 0.29) is 5.91 Å². The van der Waals surface area contributed by atoms with E-state index in [9.17, 15) is 4.79 Å². The van der Waals surface area contributed by atoms with E-state index < -0.39 is 0 Å². The smallest absolute Gasteiger partial charge is 0.216 e. The highest BCUT2D eigenvalue weighted by Gasteiger charge is 2.05.